The molecule has 14 heavy (non-hydrogen) atoms. The largest absolute Gasteiger partial charge is 0.383 e. The quantitative estimate of drug-likeness (QED) is 0.853. The lowest BCUT2D eigenvalue weighted by Crippen LogP contribution is -1.90. The third kappa shape index (κ3) is 1.93. The van der Waals surface area contributed by atoms with Gasteiger partial charge in [0.05, 0.1) is 10.7 Å². The lowest BCUT2D eigenvalue weighted by atomic mass is 10.3. The number of rotatable bonds is 2. The van der Waals surface area contributed by atoms with Crippen molar-refractivity contribution in [2.45, 2.75) is 20.3 Å². The van der Waals surface area contributed by atoms with Gasteiger partial charge in [-0.3, -0.25) is 0 Å². The van der Waals surface area contributed by atoms with Crippen molar-refractivity contribution in [1.29, 1.82) is 0 Å². The molecule has 0 atom stereocenters. The molecule has 2 heterocycles. The molecule has 0 unspecified atom stereocenters. The highest BCUT2D eigenvalue weighted by molar-refractivity contribution is 7.12. The van der Waals surface area contributed by atoms with Crippen molar-refractivity contribution in [3.63, 3.8) is 0 Å². The predicted molar refractivity (Wildman–Crippen MR) is 60.9 cm³/mol. The molecule has 0 radical (unpaired) electrons. The van der Waals surface area contributed by atoms with Gasteiger partial charge in [-0.1, -0.05) is 0 Å². The van der Waals surface area contributed by atoms with Crippen LogP contribution in [0.1, 0.15) is 20.6 Å². The topological polar surface area (TPSA) is 51.8 Å². The van der Waals surface area contributed by atoms with Gasteiger partial charge in [0.15, 0.2) is 0 Å². The minimum absolute atomic E-state index is 0.650. The second-order valence-corrected chi connectivity index (χ2v) is 5.43. The molecule has 0 aromatic carbocycles. The maximum Gasteiger partial charge on any atom is 0.137 e. The lowest BCUT2D eigenvalue weighted by molar-refractivity contribution is 1.06. The van der Waals surface area contributed by atoms with Crippen molar-refractivity contribution in [1.82, 2.24) is 9.97 Å². The fourth-order valence-electron chi connectivity index (χ4n) is 1.18. The van der Waals surface area contributed by atoms with Crippen molar-refractivity contribution in [3.8, 4) is 0 Å². The van der Waals surface area contributed by atoms with Crippen LogP contribution in [0.4, 0.5) is 5.82 Å². The van der Waals surface area contributed by atoms with Crippen LogP contribution < -0.4 is 5.73 Å². The van der Waals surface area contributed by atoms with Crippen LogP contribution in [0.2, 0.25) is 0 Å². The monoisotopic (exact) mass is 225 g/mol. The Morgan fingerprint density at radius 3 is 2.64 bits per heavy atom. The van der Waals surface area contributed by atoms with Crippen molar-refractivity contribution in [3.05, 3.63) is 26.0 Å². The number of aryl methyl sites for hydroxylation is 2. The van der Waals surface area contributed by atoms with E-state index in [1.54, 1.807) is 22.7 Å². The summed E-state index contributed by atoms with van der Waals surface area (Å²) in [5, 5.41) is 4.22. The Hall–Kier alpha value is -0.940. The molecule has 0 saturated heterocycles. The normalized spacial score (nSPS) is 10.7. The zero-order valence-corrected chi connectivity index (χ0v) is 9.71. The van der Waals surface area contributed by atoms with E-state index in [9.17, 15) is 0 Å². The smallest absolute Gasteiger partial charge is 0.137 e. The number of nitrogens with zero attached hydrogens (tertiary/aromatic N) is 2. The highest BCUT2D eigenvalue weighted by Crippen LogP contribution is 2.22. The van der Waals surface area contributed by atoms with Crippen LogP contribution in [-0.4, -0.2) is 9.97 Å². The molecule has 0 amide bonds. The van der Waals surface area contributed by atoms with Crippen LogP contribution in [0.15, 0.2) is 5.38 Å². The SMILES string of the molecule is Cc1nc(Cc2nc(N)c(C)s2)cs1. The van der Waals surface area contributed by atoms with Crippen LogP contribution in [-0.2, 0) is 6.42 Å². The summed E-state index contributed by atoms with van der Waals surface area (Å²) in [6.45, 7) is 4.00. The van der Waals surface area contributed by atoms with E-state index in [4.69, 9.17) is 5.73 Å². The fraction of sp³-hybridized carbons (Fsp3) is 0.333. The number of hydrogen-bond acceptors (Lipinski definition) is 5. The molecule has 0 fully saturated rings. The van der Waals surface area contributed by atoms with Gasteiger partial charge in [0, 0.05) is 16.7 Å². The maximum absolute atomic E-state index is 5.68. The number of hydrogen-bond donors (Lipinski definition) is 1. The van der Waals surface area contributed by atoms with Crippen LogP contribution in [0.5, 0.6) is 0 Å². The summed E-state index contributed by atoms with van der Waals surface area (Å²) in [4.78, 5) is 9.75. The first kappa shape index (κ1) is 9.61. The van der Waals surface area contributed by atoms with E-state index in [2.05, 4.69) is 15.3 Å². The molecule has 74 valence electrons. The Bertz CT molecular complexity index is 425. The Labute approximate surface area is 90.6 Å². The van der Waals surface area contributed by atoms with Crippen LogP contribution in [0.25, 0.3) is 0 Å². The number of nitrogen functional groups attached to an aromatic ring is 1. The van der Waals surface area contributed by atoms with Gasteiger partial charge in [-0.2, -0.15) is 0 Å². The van der Waals surface area contributed by atoms with Crippen molar-refractivity contribution < 1.29 is 0 Å². The summed E-state index contributed by atoms with van der Waals surface area (Å²) >= 11 is 3.32. The number of aromatic nitrogens is 2. The van der Waals surface area contributed by atoms with Crippen LogP contribution >= 0.6 is 22.7 Å². The van der Waals surface area contributed by atoms with E-state index in [0.29, 0.717) is 5.82 Å². The maximum atomic E-state index is 5.68. The average molecular weight is 225 g/mol. The third-order valence-corrected chi connectivity index (χ3v) is 3.68. The van der Waals surface area contributed by atoms with Crippen molar-refractivity contribution in [2.24, 2.45) is 0 Å². The highest BCUT2D eigenvalue weighted by Gasteiger charge is 2.06. The summed E-state index contributed by atoms with van der Waals surface area (Å²) in [6, 6.07) is 0. The van der Waals surface area contributed by atoms with Gasteiger partial charge < -0.3 is 5.73 Å². The van der Waals surface area contributed by atoms with Gasteiger partial charge in [0.1, 0.15) is 10.8 Å². The zero-order valence-electron chi connectivity index (χ0n) is 8.07. The van der Waals surface area contributed by atoms with E-state index in [-0.39, 0.29) is 0 Å². The van der Waals surface area contributed by atoms with Crippen molar-refractivity contribution >= 4 is 28.5 Å². The van der Waals surface area contributed by atoms with Gasteiger partial charge in [-0.15, -0.1) is 22.7 Å². The van der Waals surface area contributed by atoms with Gasteiger partial charge in [0.2, 0.25) is 0 Å². The Morgan fingerprint density at radius 1 is 1.36 bits per heavy atom. The Balaban J connectivity index is 2.18. The molecule has 2 rings (SSSR count). The Morgan fingerprint density at radius 2 is 2.14 bits per heavy atom. The highest BCUT2D eigenvalue weighted by atomic mass is 32.1. The number of nitrogens with two attached hydrogens (primary N) is 1. The second-order valence-electron chi connectivity index (χ2n) is 3.08. The summed E-state index contributed by atoms with van der Waals surface area (Å²) in [5.41, 5.74) is 6.77. The summed E-state index contributed by atoms with van der Waals surface area (Å²) < 4.78 is 0. The van der Waals surface area contributed by atoms with E-state index in [0.717, 1.165) is 27.0 Å². The third-order valence-electron chi connectivity index (χ3n) is 1.88. The van der Waals surface area contributed by atoms with Gasteiger partial charge >= 0.3 is 0 Å². The van der Waals surface area contributed by atoms with Crippen molar-refractivity contribution in [2.75, 3.05) is 5.73 Å². The molecule has 2 aromatic heterocycles. The fourth-order valence-corrected chi connectivity index (χ4v) is 2.67. The van der Waals surface area contributed by atoms with E-state index < -0.39 is 0 Å². The molecule has 3 nitrogen and oxygen atoms in total. The van der Waals surface area contributed by atoms with Gasteiger partial charge in [-0.25, -0.2) is 9.97 Å². The molecule has 0 bridgehead atoms. The van der Waals surface area contributed by atoms with Crippen LogP contribution in [0, 0.1) is 13.8 Å². The molecule has 2 N–H and O–H groups in total. The molecule has 0 aliphatic carbocycles. The first-order valence-electron chi connectivity index (χ1n) is 4.28. The van der Waals surface area contributed by atoms with E-state index >= 15 is 0 Å². The summed E-state index contributed by atoms with van der Waals surface area (Å²) in [7, 11) is 0. The van der Waals surface area contributed by atoms with E-state index in [1.807, 2.05) is 13.8 Å². The minimum atomic E-state index is 0.650. The number of anilines is 1. The molecule has 0 saturated carbocycles. The first-order valence-corrected chi connectivity index (χ1v) is 5.97. The summed E-state index contributed by atoms with van der Waals surface area (Å²) in [6.07, 6.45) is 0.799. The molecular weight excluding hydrogens is 214 g/mol. The zero-order chi connectivity index (χ0) is 10.1. The molecule has 0 spiro atoms. The molecule has 5 heteroatoms. The lowest BCUT2D eigenvalue weighted by Gasteiger charge is -1.89. The standard InChI is InChI=1S/C9H11N3S2/c1-5-9(10)12-8(14-5)3-7-4-13-6(2)11-7/h4H,3,10H2,1-2H3. The van der Waals surface area contributed by atoms with Gasteiger partial charge in [-0.05, 0) is 13.8 Å². The summed E-state index contributed by atoms with van der Waals surface area (Å²) in [5.74, 6) is 0.650. The molecular formula is C9H11N3S2. The second kappa shape index (κ2) is 3.67. The van der Waals surface area contributed by atoms with E-state index in [1.165, 1.54) is 0 Å². The predicted octanol–water partition coefficient (Wildman–Crippen LogP) is 2.39. The molecule has 2 aromatic rings. The minimum Gasteiger partial charge on any atom is -0.383 e. The Kier molecular flexibility index (Phi) is 2.52. The molecule has 0 aliphatic heterocycles. The van der Waals surface area contributed by atoms with Gasteiger partial charge in [0.25, 0.3) is 0 Å². The first-order chi connectivity index (χ1) is 6.65. The average Bonchev–Trinajstić information content (AvgIpc) is 2.62. The van der Waals surface area contributed by atoms with Crippen LogP contribution in [0.3, 0.4) is 0 Å². The molecule has 0 aliphatic rings. The number of thiazole rings is 2.